The maximum atomic E-state index is 11.9. The minimum Gasteiger partial charge on any atom is -0.388 e. The van der Waals surface area contributed by atoms with E-state index in [2.05, 4.69) is 93.2 Å². The smallest absolute Gasteiger partial charge is 0.106 e. The largest absolute Gasteiger partial charge is 0.388 e. The lowest BCUT2D eigenvalue weighted by atomic mass is 9.71. The summed E-state index contributed by atoms with van der Waals surface area (Å²) in [4.78, 5) is 5.15. The van der Waals surface area contributed by atoms with E-state index in [1.54, 1.807) is 6.26 Å². The molecule has 0 amide bonds. The minimum atomic E-state index is -0.828. The van der Waals surface area contributed by atoms with Crippen molar-refractivity contribution in [2.45, 2.75) is 112 Å². The molecule has 5 nitrogen and oxygen atoms in total. The van der Waals surface area contributed by atoms with Crippen LogP contribution in [-0.2, 0) is 21.3 Å². The van der Waals surface area contributed by atoms with E-state index in [1.165, 1.54) is 12.0 Å². The standard InChI is InChI=1S/C30H39NO4.C6H14.CH4S/c1-18(2)27-26(28(33)20-6-8-21(9-7-20)30(5)16-35-17-30)24(19-10-12-34-13-11-19)25-22(31-27)14-29(3,4)15-23(25)32;1-5-6(2,3)4;1-2/h6-10,18,23,28,32-33H,11-17H2,1-5H3;5H2,1-4H3;2H,1H3/t23?,28-;;/m0../s1. The van der Waals surface area contributed by atoms with Crippen LogP contribution in [0.15, 0.2) is 30.3 Å². The Morgan fingerprint density at radius 1 is 1.05 bits per heavy atom. The number of nitrogens with zero attached hydrogens (tertiary/aromatic N) is 1. The maximum absolute atomic E-state index is 11.9. The fourth-order valence-electron chi connectivity index (χ4n) is 5.95. The average Bonchev–Trinajstić information content (AvgIpc) is 2.95. The van der Waals surface area contributed by atoms with Crippen molar-refractivity contribution in [2.24, 2.45) is 10.8 Å². The molecule has 2 aliphatic heterocycles. The van der Waals surface area contributed by atoms with Crippen LogP contribution in [0.25, 0.3) is 5.57 Å². The highest BCUT2D eigenvalue weighted by atomic mass is 32.1. The second-order valence-electron chi connectivity index (χ2n) is 14.9. The van der Waals surface area contributed by atoms with Crippen molar-refractivity contribution in [1.29, 1.82) is 0 Å². The first-order valence-corrected chi connectivity index (χ1v) is 16.9. The summed E-state index contributed by atoms with van der Waals surface area (Å²) in [6.45, 7) is 22.5. The molecule has 3 aliphatic rings. The van der Waals surface area contributed by atoms with Crippen LogP contribution in [0.3, 0.4) is 0 Å². The number of thiol groups is 1. The number of aliphatic hydroxyl groups excluding tert-OH is 2. The predicted octanol–water partition coefficient (Wildman–Crippen LogP) is 8.37. The first-order chi connectivity index (χ1) is 20.2. The highest BCUT2D eigenvalue weighted by Crippen LogP contribution is 2.48. The maximum Gasteiger partial charge on any atom is 0.106 e. The second-order valence-corrected chi connectivity index (χ2v) is 14.9. The van der Waals surface area contributed by atoms with Gasteiger partial charge in [-0.2, -0.15) is 12.6 Å². The van der Waals surface area contributed by atoms with Crippen molar-refractivity contribution in [3.63, 3.8) is 0 Å². The molecule has 2 N–H and O–H groups in total. The van der Waals surface area contributed by atoms with Crippen molar-refractivity contribution in [3.05, 3.63) is 69.5 Å². The molecule has 0 spiro atoms. The van der Waals surface area contributed by atoms with Gasteiger partial charge in [-0.1, -0.05) is 99.1 Å². The van der Waals surface area contributed by atoms with Crippen LogP contribution in [0, 0.1) is 10.8 Å². The lowest BCUT2D eigenvalue weighted by Gasteiger charge is -2.39. The van der Waals surface area contributed by atoms with Gasteiger partial charge >= 0.3 is 0 Å². The van der Waals surface area contributed by atoms with Gasteiger partial charge in [0.1, 0.15) is 6.10 Å². The van der Waals surface area contributed by atoms with E-state index in [0.717, 1.165) is 65.3 Å². The molecular formula is C37H57NO4S. The van der Waals surface area contributed by atoms with Crippen LogP contribution in [0.2, 0.25) is 0 Å². The number of rotatable bonds is 5. The molecule has 5 rings (SSSR count). The van der Waals surface area contributed by atoms with E-state index in [0.29, 0.717) is 25.0 Å². The molecule has 1 unspecified atom stereocenters. The normalized spacial score (nSPS) is 21.3. The van der Waals surface area contributed by atoms with Crippen LogP contribution in [-0.4, -0.2) is 47.9 Å². The molecule has 1 fully saturated rings. The van der Waals surface area contributed by atoms with Gasteiger partial charge in [0.05, 0.1) is 32.5 Å². The number of hydrogen-bond acceptors (Lipinski definition) is 6. The fraction of sp³-hybridized carbons (Fsp3) is 0.649. The average molecular weight is 612 g/mol. The second kappa shape index (κ2) is 14.6. The van der Waals surface area contributed by atoms with Gasteiger partial charge in [0.15, 0.2) is 0 Å². The summed E-state index contributed by atoms with van der Waals surface area (Å²) in [6.07, 6.45) is 5.92. The predicted molar refractivity (Wildman–Crippen MR) is 182 cm³/mol. The summed E-state index contributed by atoms with van der Waals surface area (Å²) in [5.74, 6) is 0.136. The third kappa shape index (κ3) is 8.52. The van der Waals surface area contributed by atoms with Crippen molar-refractivity contribution in [2.75, 3.05) is 32.7 Å². The monoisotopic (exact) mass is 611 g/mol. The number of ether oxygens (including phenoxy) is 2. The lowest BCUT2D eigenvalue weighted by Crippen LogP contribution is -2.43. The topological polar surface area (TPSA) is 71.8 Å². The Morgan fingerprint density at radius 2 is 1.65 bits per heavy atom. The van der Waals surface area contributed by atoms with Crippen molar-refractivity contribution in [1.82, 2.24) is 4.98 Å². The zero-order valence-corrected chi connectivity index (χ0v) is 29.3. The van der Waals surface area contributed by atoms with Gasteiger partial charge < -0.3 is 19.7 Å². The van der Waals surface area contributed by atoms with Crippen LogP contribution >= 0.6 is 12.6 Å². The first kappa shape index (κ1) is 35.8. The zero-order chi connectivity index (χ0) is 32.2. The third-order valence-corrected chi connectivity index (χ3v) is 9.04. The van der Waals surface area contributed by atoms with Gasteiger partial charge in [0.2, 0.25) is 0 Å². The molecule has 0 radical (unpaired) electrons. The molecule has 0 saturated carbocycles. The van der Waals surface area contributed by atoms with E-state index >= 15 is 0 Å². The van der Waals surface area contributed by atoms with E-state index in [-0.39, 0.29) is 16.7 Å². The van der Waals surface area contributed by atoms with Gasteiger partial charge in [-0.15, -0.1) is 0 Å². The van der Waals surface area contributed by atoms with E-state index < -0.39 is 12.2 Å². The van der Waals surface area contributed by atoms with Crippen LogP contribution in [0.5, 0.6) is 0 Å². The van der Waals surface area contributed by atoms with E-state index in [9.17, 15) is 10.2 Å². The van der Waals surface area contributed by atoms with E-state index in [4.69, 9.17) is 14.5 Å². The fourth-order valence-corrected chi connectivity index (χ4v) is 5.95. The number of aromatic nitrogens is 1. The number of benzene rings is 1. The molecule has 1 aromatic carbocycles. The molecule has 240 valence electrons. The molecular weight excluding hydrogens is 554 g/mol. The molecule has 3 heterocycles. The number of aliphatic hydroxyl groups is 2. The summed E-state index contributed by atoms with van der Waals surface area (Å²) in [6, 6.07) is 8.31. The van der Waals surface area contributed by atoms with Crippen LogP contribution in [0.4, 0.5) is 0 Å². The van der Waals surface area contributed by atoms with Gasteiger partial charge in [0, 0.05) is 27.9 Å². The first-order valence-electron chi connectivity index (χ1n) is 16.0. The van der Waals surface area contributed by atoms with Crippen molar-refractivity contribution in [3.8, 4) is 0 Å². The minimum absolute atomic E-state index is 0.0215. The molecule has 1 aromatic heterocycles. The van der Waals surface area contributed by atoms with Gasteiger partial charge in [-0.25, -0.2) is 0 Å². The summed E-state index contributed by atoms with van der Waals surface area (Å²) in [5, 5.41) is 23.3. The highest BCUT2D eigenvalue weighted by molar-refractivity contribution is 7.79. The summed E-state index contributed by atoms with van der Waals surface area (Å²) < 4.78 is 11.1. The number of hydrogen-bond donors (Lipinski definition) is 3. The molecule has 6 heteroatoms. The molecule has 2 aromatic rings. The van der Waals surface area contributed by atoms with Crippen LogP contribution < -0.4 is 0 Å². The molecule has 0 bridgehead atoms. The molecule has 43 heavy (non-hydrogen) atoms. The Hall–Kier alpha value is -1.70. The Kier molecular flexibility index (Phi) is 12.1. The Bertz CT molecular complexity index is 1240. The number of pyridine rings is 1. The van der Waals surface area contributed by atoms with Crippen molar-refractivity contribution >= 4 is 18.2 Å². The van der Waals surface area contributed by atoms with Crippen LogP contribution in [0.1, 0.15) is 139 Å². The Balaban J connectivity index is 0.000000566. The SMILES string of the molecule is CC(C)c1nc2c(c(C3=CCOCC3)c1[C@@H](O)c1ccc(C3(C)COC3)cc1)C(O)CC(C)(C)C2.CCC(C)(C)C.CS. The Labute approximate surface area is 266 Å². The summed E-state index contributed by atoms with van der Waals surface area (Å²) in [5.41, 5.74) is 8.46. The summed E-state index contributed by atoms with van der Waals surface area (Å²) >= 11 is 3.53. The van der Waals surface area contributed by atoms with Crippen molar-refractivity contribution < 1.29 is 19.7 Å². The molecule has 1 saturated heterocycles. The van der Waals surface area contributed by atoms with Gasteiger partial charge in [-0.3, -0.25) is 4.98 Å². The summed E-state index contributed by atoms with van der Waals surface area (Å²) in [7, 11) is 0. The molecule has 1 aliphatic carbocycles. The lowest BCUT2D eigenvalue weighted by molar-refractivity contribution is -0.0500. The number of fused-ring (bicyclic) bond motifs is 1. The molecule has 2 atom stereocenters. The zero-order valence-electron chi connectivity index (χ0n) is 28.4. The third-order valence-electron chi connectivity index (χ3n) is 9.04. The Morgan fingerprint density at radius 3 is 2.12 bits per heavy atom. The van der Waals surface area contributed by atoms with Gasteiger partial charge in [0.25, 0.3) is 0 Å². The quantitative estimate of drug-likeness (QED) is 0.296. The highest BCUT2D eigenvalue weighted by Gasteiger charge is 2.39. The van der Waals surface area contributed by atoms with Gasteiger partial charge in [-0.05, 0) is 64.5 Å². The van der Waals surface area contributed by atoms with E-state index in [1.807, 2.05) is 12.1 Å².